The van der Waals surface area contributed by atoms with Gasteiger partial charge in [-0.15, -0.1) is 0 Å². The summed E-state index contributed by atoms with van der Waals surface area (Å²) in [6.07, 6.45) is 0. The molecule has 2 aliphatic rings. The Morgan fingerprint density at radius 2 is 2.05 bits per heavy atom. The average molecular weight is 290 g/mol. The van der Waals surface area contributed by atoms with E-state index in [2.05, 4.69) is 11.9 Å². The van der Waals surface area contributed by atoms with Crippen LogP contribution in [0, 0.1) is 5.92 Å². The van der Waals surface area contributed by atoms with Crippen molar-refractivity contribution < 1.29 is 14.3 Å². The van der Waals surface area contributed by atoms with Crippen molar-refractivity contribution in [2.45, 2.75) is 6.04 Å². The van der Waals surface area contributed by atoms with Crippen molar-refractivity contribution >= 4 is 5.91 Å². The fraction of sp³-hybridized carbons (Fsp3) is 0.562. The van der Waals surface area contributed by atoms with Gasteiger partial charge in [-0.25, -0.2) is 0 Å². The average Bonchev–Trinajstić information content (AvgIpc) is 2.76. The molecule has 5 heteroatoms. The van der Waals surface area contributed by atoms with Crippen LogP contribution in [0.5, 0.6) is 5.75 Å². The Balaban J connectivity index is 1.89. The summed E-state index contributed by atoms with van der Waals surface area (Å²) in [5, 5.41) is 0. The number of para-hydroxylation sites is 1. The molecule has 0 unspecified atom stereocenters. The molecule has 5 nitrogen and oxygen atoms in total. The molecule has 0 spiro atoms. The molecule has 0 saturated carbocycles. The first-order valence-corrected chi connectivity index (χ1v) is 7.39. The molecule has 2 heterocycles. The van der Waals surface area contributed by atoms with E-state index >= 15 is 0 Å². The molecular formula is C16H22N2O3. The zero-order valence-corrected chi connectivity index (χ0v) is 12.6. The second-order valence-corrected chi connectivity index (χ2v) is 5.94. The molecule has 2 atom stereocenters. The second-order valence-electron chi connectivity index (χ2n) is 5.94. The summed E-state index contributed by atoms with van der Waals surface area (Å²) in [7, 11) is 3.71. The van der Waals surface area contributed by atoms with Gasteiger partial charge in [0.1, 0.15) is 5.75 Å². The van der Waals surface area contributed by atoms with Crippen LogP contribution in [0.4, 0.5) is 0 Å². The Hall–Kier alpha value is -1.59. The summed E-state index contributed by atoms with van der Waals surface area (Å²) >= 11 is 0. The van der Waals surface area contributed by atoms with Crippen LogP contribution in [0.25, 0.3) is 0 Å². The number of benzene rings is 1. The zero-order valence-electron chi connectivity index (χ0n) is 12.6. The Kier molecular flexibility index (Phi) is 4.12. The van der Waals surface area contributed by atoms with Crippen molar-refractivity contribution in [2.75, 3.05) is 47.0 Å². The SMILES string of the molecule is COc1ccccc1C(=O)N1C[C@H]2COC[C@@H]1CN(C)C2. The van der Waals surface area contributed by atoms with Gasteiger partial charge in [0, 0.05) is 25.6 Å². The minimum Gasteiger partial charge on any atom is -0.496 e. The topological polar surface area (TPSA) is 42.0 Å². The van der Waals surface area contributed by atoms with Gasteiger partial charge in [-0.1, -0.05) is 12.1 Å². The second kappa shape index (κ2) is 6.03. The number of ether oxygens (including phenoxy) is 2. The van der Waals surface area contributed by atoms with Crippen LogP contribution >= 0.6 is 0 Å². The Morgan fingerprint density at radius 3 is 2.86 bits per heavy atom. The van der Waals surface area contributed by atoms with Crippen molar-refractivity contribution in [1.29, 1.82) is 0 Å². The molecule has 114 valence electrons. The maximum absolute atomic E-state index is 13.0. The first-order valence-electron chi connectivity index (χ1n) is 7.39. The van der Waals surface area contributed by atoms with Crippen LogP contribution in [0.3, 0.4) is 0 Å². The molecule has 2 fully saturated rings. The van der Waals surface area contributed by atoms with Crippen LogP contribution in [-0.4, -0.2) is 68.8 Å². The predicted octanol–water partition coefficient (Wildman–Crippen LogP) is 1.10. The van der Waals surface area contributed by atoms with Gasteiger partial charge in [0.05, 0.1) is 31.9 Å². The number of nitrogens with zero attached hydrogens (tertiary/aromatic N) is 2. The molecule has 3 rings (SSSR count). The lowest BCUT2D eigenvalue weighted by molar-refractivity contribution is 0.0482. The summed E-state index contributed by atoms with van der Waals surface area (Å²) < 4.78 is 11.1. The Morgan fingerprint density at radius 1 is 1.24 bits per heavy atom. The number of rotatable bonds is 2. The number of fused-ring (bicyclic) bond motifs is 3. The van der Waals surface area contributed by atoms with Gasteiger partial charge in [-0.05, 0) is 19.2 Å². The maximum atomic E-state index is 13.0. The van der Waals surface area contributed by atoms with Crippen molar-refractivity contribution in [2.24, 2.45) is 5.92 Å². The highest BCUT2D eigenvalue weighted by molar-refractivity contribution is 5.97. The normalized spacial score (nSPS) is 26.3. The number of hydrogen-bond donors (Lipinski definition) is 0. The fourth-order valence-corrected chi connectivity index (χ4v) is 3.30. The highest BCUT2D eigenvalue weighted by atomic mass is 16.5. The van der Waals surface area contributed by atoms with Crippen LogP contribution in [0.1, 0.15) is 10.4 Å². The van der Waals surface area contributed by atoms with E-state index in [9.17, 15) is 4.79 Å². The van der Waals surface area contributed by atoms with Gasteiger partial charge in [0.25, 0.3) is 5.91 Å². The monoisotopic (exact) mass is 290 g/mol. The molecule has 0 aliphatic carbocycles. The lowest BCUT2D eigenvalue weighted by Gasteiger charge is -2.30. The number of carbonyl (C=O) groups is 1. The maximum Gasteiger partial charge on any atom is 0.258 e. The number of methoxy groups -OCH3 is 1. The largest absolute Gasteiger partial charge is 0.496 e. The van der Waals surface area contributed by atoms with Crippen molar-refractivity contribution in [3.63, 3.8) is 0 Å². The molecule has 21 heavy (non-hydrogen) atoms. The quantitative estimate of drug-likeness (QED) is 0.818. The summed E-state index contributed by atoms with van der Waals surface area (Å²) in [6.45, 7) is 3.94. The predicted molar refractivity (Wildman–Crippen MR) is 79.6 cm³/mol. The smallest absolute Gasteiger partial charge is 0.258 e. The Bertz CT molecular complexity index is 520. The first kappa shape index (κ1) is 14.4. The van der Waals surface area contributed by atoms with E-state index in [-0.39, 0.29) is 11.9 Å². The molecule has 0 aromatic heterocycles. The summed E-state index contributed by atoms with van der Waals surface area (Å²) in [5.74, 6) is 1.06. The third kappa shape index (κ3) is 2.89. The molecule has 1 amide bonds. The van der Waals surface area contributed by atoms with Crippen LogP contribution in [-0.2, 0) is 4.74 Å². The number of amides is 1. The van der Waals surface area contributed by atoms with E-state index < -0.39 is 0 Å². The highest BCUT2D eigenvalue weighted by Crippen LogP contribution is 2.25. The lowest BCUT2D eigenvalue weighted by Crippen LogP contribution is -2.46. The lowest BCUT2D eigenvalue weighted by atomic mass is 10.1. The van der Waals surface area contributed by atoms with E-state index in [1.807, 2.05) is 29.2 Å². The van der Waals surface area contributed by atoms with Gasteiger partial charge in [0.15, 0.2) is 0 Å². The molecule has 2 bridgehead atoms. The van der Waals surface area contributed by atoms with Gasteiger partial charge in [-0.2, -0.15) is 0 Å². The van der Waals surface area contributed by atoms with E-state index in [1.165, 1.54) is 0 Å². The molecular weight excluding hydrogens is 268 g/mol. The molecule has 1 aromatic carbocycles. The molecule has 0 N–H and O–H groups in total. The zero-order chi connectivity index (χ0) is 14.8. The summed E-state index contributed by atoms with van der Waals surface area (Å²) in [6, 6.07) is 7.54. The van der Waals surface area contributed by atoms with E-state index in [0.29, 0.717) is 23.8 Å². The number of carbonyl (C=O) groups excluding carboxylic acids is 1. The molecule has 0 radical (unpaired) electrons. The van der Waals surface area contributed by atoms with Crippen LogP contribution in [0.2, 0.25) is 0 Å². The molecule has 2 aliphatic heterocycles. The molecule has 1 aromatic rings. The van der Waals surface area contributed by atoms with Gasteiger partial charge < -0.3 is 19.3 Å². The standard InChI is InChI=1S/C16H22N2O3/c1-17-7-12-8-18(13(9-17)11-21-10-12)16(19)14-5-3-4-6-15(14)20-2/h3-6,12-13H,7-11H2,1-2H3/t12-,13-/m0/s1. The molecule has 2 saturated heterocycles. The minimum atomic E-state index is 0.0447. The van der Waals surface area contributed by atoms with Gasteiger partial charge in [-0.3, -0.25) is 4.79 Å². The van der Waals surface area contributed by atoms with Crippen LogP contribution < -0.4 is 4.74 Å². The third-order valence-electron chi connectivity index (χ3n) is 4.25. The number of hydrogen-bond acceptors (Lipinski definition) is 4. The van der Waals surface area contributed by atoms with E-state index in [4.69, 9.17) is 9.47 Å². The van der Waals surface area contributed by atoms with Gasteiger partial charge in [0.2, 0.25) is 0 Å². The summed E-state index contributed by atoms with van der Waals surface area (Å²) in [4.78, 5) is 17.2. The van der Waals surface area contributed by atoms with Crippen molar-refractivity contribution in [1.82, 2.24) is 9.80 Å². The highest BCUT2D eigenvalue weighted by Gasteiger charge is 2.35. The number of likely N-dealkylation sites (N-methyl/N-ethyl adjacent to an activating group) is 1. The third-order valence-corrected chi connectivity index (χ3v) is 4.25. The first-order chi connectivity index (χ1) is 10.2. The Labute approximate surface area is 125 Å². The van der Waals surface area contributed by atoms with Crippen molar-refractivity contribution in [3.05, 3.63) is 29.8 Å². The van der Waals surface area contributed by atoms with Crippen molar-refractivity contribution in [3.8, 4) is 5.75 Å². The van der Waals surface area contributed by atoms with E-state index in [0.717, 1.165) is 26.2 Å². The van der Waals surface area contributed by atoms with E-state index in [1.54, 1.807) is 7.11 Å². The van der Waals surface area contributed by atoms with Gasteiger partial charge >= 0.3 is 0 Å². The summed E-state index contributed by atoms with van der Waals surface area (Å²) in [5.41, 5.74) is 0.634. The minimum absolute atomic E-state index is 0.0447. The van der Waals surface area contributed by atoms with Crippen LogP contribution in [0.15, 0.2) is 24.3 Å². The fourth-order valence-electron chi connectivity index (χ4n) is 3.30.